The van der Waals surface area contributed by atoms with Crippen molar-refractivity contribution in [2.24, 2.45) is 10.8 Å². The molecule has 1 rings (SSSR count). The summed E-state index contributed by atoms with van der Waals surface area (Å²) in [6.07, 6.45) is 0.197. The third kappa shape index (κ3) is 1.78. The summed E-state index contributed by atoms with van der Waals surface area (Å²) in [6.45, 7) is 10.8. The van der Waals surface area contributed by atoms with E-state index < -0.39 is 5.97 Å². The standard InChI is InChI=1S/C11H21NO2/c1-7(6-8(13)14)12-9-10(2,3)11(9,4)5/h7,9,12H,6H2,1-5H3,(H,13,14). The molecule has 0 amide bonds. The highest BCUT2D eigenvalue weighted by Gasteiger charge is 2.64. The second kappa shape index (κ2) is 3.23. The summed E-state index contributed by atoms with van der Waals surface area (Å²) in [5.41, 5.74) is 0.555. The number of rotatable bonds is 4. The monoisotopic (exact) mass is 199 g/mol. The van der Waals surface area contributed by atoms with E-state index in [0.717, 1.165) is 0 Å². The van der Waals surface area contributed by atoms with Crippen molar-refractivity contribution in [1.82, 2.24) is 5.32 Å². The zero-order valence-electron chi connectivity index (χ0n) is 9.72. The number of carbonyl (C=O) groups is 1. The van der Waals surface area contributed by atoms with Crippen LogP contribution in [0, 0.1) is 10.8 Å². The molecule has 0 radical (unpaired) electrons. The zero-order valence-corrected chi connectivity index (χ0v) is 9.72. The minimum absolute atomic E-state index is 0.0542. The minimum atomic E-state index is -0.735. The van der Waals surface area contributed by atoms with Gasteiger partial charge in [-0.25, -0.2) is 0 Å². The van der Waals surface area contributed by atoms with Crippen LogP contribution in [0.1, 0.15) is 41.0 Å². The smallest absolute Gasteiger partial charge is 0.304 e. The average Bonchev–Trinajstić information content (AvgIpc) is 2.30. The molecule has 14 heavy (non-hydrogen) atoms. The summed E-state index contributed by atoms with van der Waals surface area (Å²) in [5.74, 6) is -0.735. The fraction of sp³-hybridized carbons (Fsp3) is 0.909. The molecule has 1 atom stereocenters. The van der Waals surface area contributed by atoms with Crippen molar-refractivity contribution in [2.75, 3.05) is 0 Å². The maximum atomic E-state index is 10.5. The van der Waals surface area contributed by atoms with E-state index in [1.807, 2.05) is 6.92 Å². The van der Waals surface area contributed by atoms with Gasteiger partial charge < -0.3 is 10.4 Å². The number of aliphatic carboxylic acids is 1. The predicted molar refractivity (Wildman–Crippen MR) is 56.2 cm³/mol. The second-order valence-corrected chi connectivity index (χ2v) is 5.54. The molecule has 0 aromatic heterocycles. The van der Waals surface area contributed by atoms with Crippen LogP contribution < -0.4 is 5.32 Å². The lowest BCUT2D eigenvalue weighted by molar-refractivity contribution is -0.137. The fourth-order valence-corrected chi connectivity index (χ4v) is 2.22. The molecule has 1 aliphatic rings. The first-order valence-corrected chi connectivity index (χ1v) is 5.17. The normalized spacial score (nSPS) is 25.8. The Kier molecular flexibility index (Phi) is 2.65. The highest BCUT2D eigenvalue weighted by molar-refractivity contribution is 5.67. The Morgan fingerprint density at radius 3 is 2.07 bits per heavy atom. The highest BCUT2D eigenvalue weighted by Crippen LogP contribution is 2.62. The molecule has 0 spiro atoms. The molecule has 1 fully saturated rings. The summed E-state index contributed by atoms with van der Waals surface area (Å²) in [4.78, 5) is 10.5. The van der Waals surface area contributed by atoms with Gasteiger partial charge in [-0.05, 0) is 17.8 Å². The molecule has 0 heterocycles. The summed E-state index contributed by atoms with van der Waals surface area (Å²) in [5, 5.41) is 12.0. The van der Waals surface area contributed by atoms with Crippen LogP contribution in [0.4, 0.5) is 0 Å². The van der Waals surface area contributed by atoms with E-state index in [2.05, 4.69) is 33.0 Å². The maximum absolute atomic E-state index is 10.5. The van der Waals surface area contributed by atoms with E-state index in [4.69, 9.17) is 5.11 Å². The number of hydrogen-bond acceptors (Lipinski definition) is 2. The van der Waals surface area contributed by atoms with Gasteiger partial charge in [0.05, 0.1) is 6.42 Å². The molecule has 0 bridgehead atoms. The molecule has 2 N–H and O–H groups in total. The van der Waals surface area contributed by atoms with Crippen molar-refractivity contribution >= 4 is 5.97 Å². The lowest BCUT2D eigenvalue weighted by Gasteiger charge is -2.12. The molecule has 0 aliphatic heterocycles. The Bertz CT molecular complexity index is 232. The molecular weight excluding hydrogens is 178 g/mol. The number of nitrogens with one attached hydrogen (secondary N) is 1. The highest BCUT2D eigenvalue weighted by atomic mass is 16.4. The Labute approximate surface area is 85.9 Å². The molecule has 0 saturated heterocycles. The lowest BCUT2D eigenvalue weighted by Crippen LogP contribution is -2.33. The van der Waals surface area contributed by atoms with Gasteiger partial charge in [0.25, 0.3) is 0 Å². The van der Waals surface area contributed by atoms with Crippen molar-refractivity contribution < 1.29 is 9.90 Å². The zero-order chi connectivity index (χ0) is 11.1. The summed E-state index contributed by atoms with van der Waals surface area (Å²) >= 11 is 0. The van der Waals surface area contributed by atoms with E-state index >= 15 is 0 Å². The van der Waals surface area contributed by atoms with E-state index in [-0.39, 0.29) is 23.3 Å². The van der Waals surface area contributed by atoms with Crippen LogP contribution in [0.2, 0.25) is 0 Å². The van der Waals surface area contributed by atoms with Crippen LogP contribution in [0.5, 0.6) is 0 Å². The third-order valence-corrected chi connectivity index (χ3v) is 3.95. The van der Waals surface area contributed by atoms with Crippen molar-refractivity contribution in [3.8, 4) is 0 Å². The molecule has 0 aromatic carbocycles. The maximum Gasteiger partial charge on any atom is 0.304 e. The van der Waals surface area contributed by atoms with Gasteiger partial charge in [0.1, 0.15) is 0 Å². The van der Waals surface area contributed by atoms with Crippen LogP contribution in [0.25, 0.3) is 0 Å². The van der Waals surface area contributed by atoms with E-state index in [1.165, 1.54) is 0 Å². The fourth-order valence-electron chi connectivity index (χ4n) is 2.22. The van der Waals surface area contributed by atoms with Crippen molar-refractivity contribution in [3.05, 3.63) is 0 Å². The number of carboxylic acid groups (broad SMARTS) is 1. The molecule has 3 nitrogen and oxygen atoms in total. The lowest BCUT2D eigenvalue weighted by atomic mass is 10.0. The summed E-state index contributed by atoms with van der Waals surface area (Å²) in [7, 11) is 0. The molecule has 3 heteroatoms. The van der Waals surface area contributed by atoms with Crippen LogP contribution >= 0.6 is 0 Å². The van der Waals surface area contributed by atoms with Gasteiger partial charge in [0.15, 0.2) is 0 Å². The van der Waals surface area contributed by atoms with Crippen LogP contribution in [-0.2, 0) is 4.79 Å². The number of carboxylic acids is 1. The van der Waals surface area contributed by atoms with Gasteiger partial charge in [0, 0.05) is 12.1 Å². The topological polar surface area (TPSA) is 49.3 Å². The van der Waals surface area contributed by atoms with Gasteiger partial charge in [0.2, 0.25) is 0 Å². The average molecular weight is 199 g/mol. The van der Waals surface area contributed by atoms with Crippen molar-refractivity contribution in [2.45, 2.75) is 53.1 Å². The predicted octanol–water partition coefficient (Wildman–Crippen LogP) is 1.87. The van der Waals surface area contributed by atoms with Crippen molar-refractivity contribution in [3.63, 3.8) is 0 Å². The van der Waals surface area contributed by atoms with Gasteiger partial charge in [-0.3, -0.25) is 4.79 Å². The first kappa shape index (κ1) is 11.5. The second-order valence-electron chi connectivity index (χ2n) is 5.54. The first-order valence-electron chi connectivity index (χ1n) is 5.17. The quantitative estimate of drug-likeness (QED) is 0.726. The van der Waals surface area contributed by atoms with Crippen LogP contribution in [0.15, 0.2) is 0 Å². The van der Waals surface area contributed by atoms with E-state index in [1.54, 1.807) is 0 Å². The van der Waals surface area contributed by atoms with Crippen LogP contribution in [-0.4, -0.2) is 23.2 Å². The summed E-state index contributed by atoms with van der Waals surface area (Å²) < 4.78 is 0. The van der Waals surface area contributed by atoms with E-state index in [9.17, 15) is 4.79 Å². The van der Waals surface area contributed by atoms with Crippen molar-refractivity contribution in [1.29, 1.82) is 0 Å². The Morgan fingerprint density at radius 1 is 1.36 bits per heavy atom. The molecule has 0 aromatic rings. The first-order chi connectivity index (χ1) is 6.19. The van der Waals surface area contributed by atoms with Crippen LogP contribution in [0.3, 0.4) is 0 Å². The van der Waals surface area contributed by atoms with E-state index in [0.29, 0.717) is 6.04 Å². The Balaban J connectivity index is 2.45. The SMILES string of the molecule is CC(CC(=O)O)NC1C(C)(C)C1(C)C. The summed E-state index contributed by atoms with van der Waals surface area (Å²) in [6, 6.07) is 0.489. The molecule has 1 aliphatic carbocycles. The molecular formula is C11H21NO2. The Hall–Kier alpha value is -0.570. The van der Waals surface area contributed by atoms with Gasteiger partial charge in [-0.1, -0.05) is 27.7 Å². The minimum Gasteiger partial charge on any atom is -0.481 e. The van der Waals surface area contributed by atoms with Gasteiger partial charge in [-0.2, -0.15) is 0 Å². The van der Waals surface area contributed by atoms with Gasteiger partial charge in [-0.15, -0.1) is 0 Å². The molecule has 1 saturated carbocycles. The number of hydrogen-bond donors (Lipinski definition) is 2. The Morgan fingerprint density at radius 2 is 1.79 bits per heavy atom. The largest absolute Gasteiger partial charge is 0.481 e. The molecule has 1 unspecified atom stereocenters. The molecule has 82 valence electrons. The van der Waals surface area contributed by atoms with Gasteiger partial charge >= 0.3 is 5.97 Å². The third-order valence-electron chi connectivity index (χ3n) is 3.95.